The Bertz CT molecular complexity index is 863. The smallest absolute Gasteiger partial charge is 0.247 e. The van der Waals surface area contributed by atoms with Gasteiger partial charge in [-0.25, -0.2) is 8.42 Å². The molecular formula is C18H18BrNO3S. The molecule has 3 rings (SSSR count). The topological polar surface area (TPSA) is 46.6 Å². The van der Waals surface area contributed by atoms with Crippen molar-refractivity contribution in [3.05, 3.63) is 64.6 Å². The summed E-state index contributed by atoms with van der Waals surface area (Å²) in [7, 11) is -2.12. The summed E-state index contributed by atoms with van der Waals surface area (Å²) in [5, 5.41) is 0. The zero-order chi connectivity index (χ0) is 17.2. The molecule has 24 heavy (non-hydrogen) atoms. The van der Waals surface area contributed by atoms with Crippen molar-refractivity contribution in [2.45, 2.75) is 11.3 Å². The number of methoxy groups -OCH3 is 1. The maximum atomic E-state index is 13.0. The lowest BCUT2D eigenvalue weighted by Crippen LogP contribution is -2.34. The van der Waals surface area contributed by atoms with Crippen LogP contribution in [0.15, 0.2) is 64.0 Å². The van der Waals surface area contributed by atoms with Crippen molar-refractivity contribution in [2.75, 3.05) is 20.2 Å². The molecule has 0 aliphatic carbocycles. The number of halogens is 1. The van der Waals surface area contributed by atoms with Crippen LogP contribution >= 0.6 is 15.9 Å². The van der Waals surface area contributed by atoms with Crippen LogP contribution in [-0.4, -0.2) is 32.9 Å². The van der Waals surface area contributed by atoms with Crippen LogP contribution < -0.4 is 4.74 Å². The highest BCUT2D eigenvalue weighted by molar-refractivity contribution is 9.10. The van der Waals surface area contributed by atoms with E-state index in [0.717, 1.165) is 5.56 Å². The van der Waals surface area contributed by atoms with Crippen molar-refractivity contribution < 1.29 is 13.2 Å². The lowest BCUT2D eigenvalue weighted by Gasteiger charge is -2.26. The molecule has 1 aliphatic heterocycles. The molecule has 0 radical (unpaired) electrons. The first-order valence-electron chi connectivity index (χ1n) is 7.60. The maximum Gasteiger partial charge on any atom is 0.247 e. The minimum Gasteiger partial charge on any atom is -0.495 e. The summed E-state index contributed by atoms with van der Waals surface area (Å²) < 4.78 is 33.3. The molecule has 1 aliphatic rings. The lowest BCUT2D eigenvalue weighted by molar-refractivity contribution is 0.395. The minimum atomic E-state index is -3.60. The van der Waals surface area contributed by atoms with Gasteiger partial charge in [0.05, 0.1) is 7.11 Å². The van der Waals surface area contributed by atoms with Crippen molar-refractivity contribution in [3.8, 4) is 5.75 Å². The average molecular weight is 408 g/mol. The Kier molecular flexibility index (Phi) is 5.08. The first kappa shape index (κ1) is 17.2. The van der Waals surface area contributed by atoms with Crippen molar-refractivity contribution in [3.63, 3.8) is 0 Å². The fourth-order valence-corrected chi connectivity index (χ4v) is 4.85. The molecule has 126 valence electrons. The molecule has 0 unspecified atom stereocenters. The largest absolute Gasteiger partial charge is 0.495 e. The van der Waals surface area contributed by atoms with Gasteiger partial charge >= 0.3 is 0 Å². The highest BCUT2D eigenvalue weighted by Crippen LogP contribution is 2.32. The van der Waals surface area contributed by atoms with E-state index in [2.05, 4.69) is 15.9 Å². The van der Waals surface area contributed by atoms with Gasteiger partial charge in [-0.2, -0.15) is 4.31 Å². The van der Waals surface area contributed by atoms with Gasteiger partial charge in [0.1, 0.15) is 10.6 Å². The average Bonchev–Trinajstić information content (AvgIpc) is 2.62. The highest BCUT2D eigenvalue weighted by atomic mass is 79.9. The van der Waals surface area contributed by atoms with E-state index < -0.39 is 10.0 Å². The Morgan fingerprint density at radius 2 is 1.88 bits per heavy atom. The Morgan fingerprint density at radius 3 is 2.50 bits per heavy atom. The predicted octanol–water partition coefficient (Wildman–Crippen LogP) is 3.94. The van der Waals surface area contributed by atoms with Gasteiger partial charge in [0.15, 0.2) is 0 Å². The standard InChI is InChI=1S/C18H18BrNO3S/c1-23-17-8-7-16(19)13-18(17)24(21,22)20-11-9-15(10-12-20)14-5-3-2-4-6-14/h2-9,13H,10-12H2,1H3. The van der Waals surface area contributed by atoms with Crippen LogP contribution in [0.5, 0.6) is 5.75 Å². The summed E-state index contributed by atoms with van der Waals surface area (Å²) >= 11 is 3.33. The summed E-state index contributed by atoms with van der Waals surface area (Å²) in [5.41, 5.74) is 2.33. The first-order valence-corrected chi connectivity index (χ1v) is 9.84. The normalized spacial score (nSPS) is 15.8. The molecule has 0 atom stereocenters. The van der Waals surface area contributed by atoms with Gasteiger partial charge in [0, 0.05) is 17.6 Å². The van der Waals surface area contributed by atoms with Gasteiger partial charge in [0.25, 0.3) is 0 Å². The number of hydrogen-bond donors (Lipinski definition) is 0. The number of rotatable bonds is 4. The van der Waals surface area contributed by atoms with E-state index in [0.29, 0.717) is 29.7 Å². The SMILES string of the molecule is COc1ccc(Br)cc1S(=O)(=O)N1CC=C(c2ccccc2)CC1. The zero-order valence-corrected chi connectivity index (χ0v) is 15.7. The molecule has 0 saturated heterocycles. The van der Waals surface area contributed by atoms with Gasteiger partial charge in [-0.05, 0) is 35.8 Å². The summed E-state index contributed by atoms with van der Waals surface area (Å²) in [6.45, 7) is 0.820. The molecule has 0 spiro atoms. The van der Waals surface area contributed by atoms with E-state index in [9.17, 15) is 8.42 Å². The number of nitrogens with zero attached hydrogens (tertiary/aromatic N) is 1. The van der Waals surface area contributed by atoms with Gasteiger partial charge in [-0.1, -0.05) is 52.3 Å². The Hall–Kier alpha value is -1.63. The summed E-state index contributed by atoms with van der Waals surface area (Å²) in [4.78, 5) is 0.191. The molecule has 0 N–H and O–H groups in total. The second-order valence-corrected chi connectivity index (χ2v) is 8.33. The van der Waals surface area contributed by atoms with Crippen molar-refractivity contribution in [1.82, 2.24) is 4.31 Å². The molecule has 1 heterocycles. The fraction of sp³-hybridized carbons (Fsp3) is 0.222. The van der Waals surface area contributed by atoms with Gasteiger partial charge in [-0.3, -0.25) is 0 Å². The summed E-state index contributed by atoms with van der Waals surface area (Å²) in [6, 6.07) is 15.1. The van der Waals surface area contributed by atoms with Crippen LogP contribution in [0.1, 0.15) is 12.0 Å². The Morgan fingerprint density at radius 1 is 1.12 bits per heavy atom. The number of hydrogen-bond acceptors (Lipinski definition) is 3. The highest BCUT2D eigenvalue weighted by Gasteiger charge is 2.29. The van der Waals surface area contributed by atoms with Crippen LogP contribution in [0.25, 0.3) is 5.57 Å². The maximum absolute atomic E-state index is 13.0. The molecule has 2 aromatic carbocycles. The van der Waals surface area contributed by atoms with Gasteiger partial charge < -0.3 is 4.74 Å². The van der Waals surface area contributed by atoms with Crippen molar-refractivity contribution in [2.24, 2.45) is 0 Å². The van der Waals surface area contributed by atoms with Crippen molar-refractivity contribution in [1.29, 1.82) is 0 Å². The Labute approximate surface area is 150 Å². The molecule has 6 heteroatoms. The first-order chi connectivity index (χ1) is 11.5. The second-order valence-electron chi connectivity index (χ2n) is 5.50. The van der Waals surface area contributed by atoms with Gasteiger partial charge in [0.2, 0.25) is 10.0 Å². The molecule has 0 amide bonds. The number of benzene rings is 2. The third kappa shape index (κ3) is 3.41. The third-order valence-corrected chi connectivity index (χ3v) is 6.44. The monoisotopic (exact) mass is 407 g/mol. The number of sulfonamides is 1. The predicted molar refractivity (Wildman–Crippen MR) is 98.5 cm³/mol. The van der Waals surface area contributed by atoms with Gasteiger partial charge in [-0.15, -0.1) is 0 Å². The Balaban J connectivity index is 1.88. The fourth-order valence-electron chi connectivity index (χ4n) is 2.77. The molecule has 2 aromatic rings. The summed E-state index contributed by atoms with van der Waals surface area (Å²) in [5.74, 6) is 0.357. The molecule has 0 aromatic heterocycles. The zero-order valence-electron chi connectivity index (χ0n) is 13.3. The van der Waals surface area contributed by atoms with E-state index in [1.807, 2.05) is 36.4 Å². The van der Waals surface area contributed by atoms with E-state index in [1.54, 1.807) is 18.2 Å². The molecule has 0 saturated carbocycles. The van der Waals surface area contributed by atoms with Crippen LogP contribution in [0.2, 0.25) is 0 Å². The summed E-state index contributed by atoms with van der Waals surface area (Å²) in [6.07, 6.45) is 2.68. The lowest BCUT2D eigenvalue weighted by atomic mass is 10.0. The van der Waals surface area contributed by atoms with Crippen LogP contribution in [0.4, 0.5) is 0 Å². The molecule has 4 nitrogen and oxygen atoms in total. The van der Waals surface area contributed by atoms with E-state index in [4.69, 9.17) is 4.74 Å². The molecule has 0 bridgehead atoms. The van der Waals surface area contributed by atoms with E-state index >= 15 is 0 Å². The van der Waals surface area contributed by atoms with Crippen LogP contribution in [-0.2, 0) is 10.0 Å². The van der Waals surface area contributed by atoms with E-state index in [-0.39, 0.29) is 4.90 Å². The van der Waals surface area contributed by atoms with Crippen LogP contribution in [0.3, 0.4) is 0 Å². The van der Waals surface area contributed by atoms with E-state index in [1.165, 1.54) is 17.0 Å². The minimum absolute atomic E-state index is 0.191. The molecular weight excluding hydrogens is 390 g/mol. The quantitative estimate of drug-likeness (QED) is 0.770. The van der Waals surface area contributed by atoms with Crippen LogP contribution in [0, 0.1) is 0 Å². The number of ether oxygens (including phenoxy) is 1. The van der Waals surface area contributed by atoms with Crippen molar-refractivity contribution >= 4 is 31.5 Å². The third-order valence-electron chi connectivity index (χ3n) is 4.06. The molecule has 0 fully saturated rings. The second kappa shape index (κ2) is 7.09.